The Balaban J connectivity index is 3.10. The Bertz CT molecular complexity index is 317. The molecule has 0 saturated carbocycles. The van der Waals surface area contributed by atoms with E-state index in [1.54, 1.807) is 0 Å². The van der Waals surface area contributed by atoms with Crippen molar-refractivity contribution >= 4 is 0 Å². The van der Waals surface area contributed by atoms with Crippen molar-refractivity contribution in [3.8, 4) is 11.5 Å². The summed E-state index contributed by atoms with van der Waals surface area (Å²) in [6.45, 7) is 0.115. The molecule has 0 saturated heterocycles. The summed E-state index contributed by atoms with van der Waals surface area (Å²) in [7, 11) is 2.84. The van der Waals surface area contributed by atoms with E-state index in [4.69, 9.17) is 14.7 Å². The minimum Gasteiger partial charge on any atom is -0.496 e. The van der Waals surface area contributed by atoms with Crippen molar-refractivity contribution in [3.63, 3.8) is 0 Å². The second-order valence-corrected chi connectivity index (χ2v) is 2.63. The van der Waals surface area contributed by atoms with Gasteiger partial charge in [-0.3, -0.25) is 0 Å². The highest BCUT2D eigenvalue weighted by molar-refractivity contribution is 5.41. The molecule has 5 heteroatoms. The van der Waals surface area contributed by atoms with Gasteiger partial charge in [-0.25, -0.2) is 9.87 Å². The zero-order valence-corrected chi connectivity index (χ0v) is 8.00. The maximum atomic E-state index is 13.2. The van der Waals surface area contributed by atoms with Crippen LogP contribution in [0.25, 0.3) is 0 Å². The topological polar surface area (TPSA) is 50.7 Å². The van der Waals surface area contributed by atoms with E-state index in [1.165, 1.54) is 26.4 Å². The Morgan fingerprint density at radius 3 is 2.43 bits per heavy atom. The maximum Gasteiger partial charge on any atom is 0.165 e. The number of hydrogen-bond acceptors (Lipinski definition) is 4. The molecule has 14 heavy (non-hydrogen) atoms. The number of nitrogens with one attached hydrogen (secondary N) is 1. The summed E-state index contributed by atoms with van der Waals surface area (Å²) >= 11 is 0. The quantitative estimate of drug-likeness (QED) is 0.721. The van der Waals surface area contributed by atoms with Crippen molar-refractivity contribution in [3.05, 3.63) is 23.5 Å². The van der Waals surface area contributed by atoms with Crippen LogP contribution in [-0.2, 0) is 6.54 Å². The van der Waals surface area contributed by atoms with Crippen LogP contribution in [0, 0.1) is 5.82 Å². The molecule has 1 aromatic carbocycles. The number of methoxy groups -OCH3 is 2. The Kier molecular flexibility index (Phi) is 3.67. The van der Waals surface area contributed by atoms with Crippen LogP contribution in [0.5, 0.6) is 11.5 Å². The molecule has 0 heterocycles. The highest BCUT2D eigenvalue weighted by atomic mass is 19.1. The van der Waals surface area contributed by atoms with Crippen molar-refractivity contribution in [2.75, 3.05) is 14.2 Å². The highest BCUT2D eigenvalue weighted by Gasteiger charge is 2.10. The van der Waals surface area contributed by atoms with Crippen LogP contribution in [0.3, 0.4) is 0 Å². The van der Waals surface area contributed by atoms with Crippen LogP contribution >= 0.6 is 0 Å². The fourth-order valence-corrected chi connectivity index (χ4v) is 1.15. The van der Waals surface area contributed by atoms with Crippen LogP contribution in [0.4, 0.5) is 4.39 Å². The third-order valence-corrected chi connectivity index (χ3v) is 1.82. The summed E-state index contributed by atoms with van der Waals surface area (Å²) in [5, 5.41) is 8.50. The van der Waals surface area contributed by atoms with Gasteiger partial charge in [-0.15, -0.1) is 0 Å². The molecule has 78 valence electrons. The van der Waals surface area contributed by atoms with Gasteiger partial charge in [0.15, 0.2) is 11.6 Å². The van der Waals surface area contributed by atoms with Crippen molar-refractivity contribution < 1.29 is 19.1 Å². The maximum absolute atomic E-state index is 13.2. The molecule has 0 amide bonds. The average molecular weight is 201 g/mol. The molecule has 0 atom stereocenters. The van der Waals surface area contributed by atoms with E-state index in [-0.39, 0.29) is 12.3 Å². The zero-order valence-electron chi connectivity index (χ0n) is 8.00. The van der Waals surface area contributed by atoms with Gasteiger partial charge in [0, 0.05) is 18.2 Å². The van der Waals surface area contributed by atoms with Crippen molar-refractivity contribution in [2.45, 2.75) is 6.54 Å². The minimum absolute atomic E-state index is 0.114. The number of hydroxylamine groups is 1. The van der Waals surface area contributed by atoms with Gasteiger partial charge in [0.1, 0.15) is 5.75 Å². The predicted octanol–water partition coefficient (Wildman–Crippen LogP) is 1.32. The summed E-state index contributed by atoms with van der Waals surface area (Å²) in [5.41, 5.74) is 2.46. The average Bonchev–Trinajstić information content (AvgIpc) is 2.19. The second kappa shape index (κ2) is 4.78. The van der Waals surface area contributed by atoms with E-state index < -0.39 is 5.82 Å². The standard InChI is InChI=1S/C9H12FNO3/c1-13-8-4-9(14-2)7(10)3-6(8)5-11-12/h3-4,11-12H,5H2,1-2H3. The lowest BCUT2D eigenvalue weighted by atomic mass is 10.2. The van der Waals surface area contributed by atoms with Crippen LogP contribution in [0.1, 0.15) is 5.56 Å². The first kappa shape index (κ1) is 10.7. The molecular formula is C9H12FNO3. The van der Waals surface area contributed by atoms with E-state index >= 15 is 0 Å². The molecule has 0 spiro atoms. The molecule has 0 aliphatic carbocycles. The van der Waals surface area contributed by atoms with Gasteiger partial charge in [-0.05, 0) is 6.07 Å². The smallest absolute Gasteiger partial charge is 0.165 e. The monoisotopic (exact) mass is 201 g/mol. The molecule has 0 radical (unpaired) electrons. The lowest BCUT2D eigenvalue weighted by molar-refractivity contribution is 0.160. The van der Waals surface area contributed by atoms with Crippen LogP contribution in [0.2, 0.25) is 0 Å². The van der Waals surface area contributed by atoms with Gasteiger partial charge < -0.3 is 14.7 Å². The molecule has 0 bridgehead atoms. The SMILES string of the molecule is COc1cc(OC)c(CNO)cc1F. The zero-order chi connectivity index (χ0) is 10.6. The molecular weight excluding hydrogens is 189 g/mol. The Morgan fingerprint density at radius 2 is 1.93 bits per heavy atom. The molecule has 2 N–H and O–H groups in total. The Labute approximate surface area is 81.2 Å². The Hall–Kier alpha value is -1.33. The van der Waals surface area contributed by atoms with E-state index in [9.17, 15) is 4.39 Å². The van der Waals surface area contributed by atoms with E-state index in [2.05, 4.69) is 0 Å². The molecule has 0 aromatic heterocycles. The molecule has 1 rings (SSSR count). The third kappa shape index (κ3) is 2.12. The Morgan fingerprint density at radius 1 is 1.29 bits per heavy atom. The van der Waals surface area contributed by atoms with Gasteiger partial charge in [0.05, 0.1) is 14.2 Å². The van der Waals surface area contributed by atoms with Crippen LogP contribution in [0.15, 0.2) is 12.1 Å². The number of ether oxygens (including phenoxy) is 2. The van der Waals surface area contributed by atoms with Gasteiger partial charge in [0.2, 0.25) is 0 Å². The lowest BCUT2D eigenvalue weighted by Gasteiger charge is -2.10. The van der Waals surface area contributed by atoms with E-state index in [0.717, 1.165) is 0 Å². The first-order chi connectivity index (χ1) is 6.72. The van der Waals surface area contributed by atoms with E-state index in [0.29, 0.717) is 11.3 Å². The van der Waals surface area contributed by atoms with Crippen molar-refractivity contribution in [1.29, 1.82) is 0 Å². The van der Waals surface area contributed by atoms with Crippen molar-refractivity contribution in [2.24, 2.45) is 0 Å². The van der Waals surface area contributed by atoms with Gasteiger partial charge in [0.25, 0.3) is 0 Å². The molecule has 0 aliphatic rings. The summed E-state index contributed by atoms with van der Waals surface area (Å²) in [6, 6.07) is 2.68. The minimum atomic E-state index is -0.487. The number of hydrogen-bond donors (Lipinski definition) is 2. The fraction of sp³-hybridized carbons (Fsp3) is 0.333. The summed E-state index contributed by atoms with van der Waals surface area (Å²) in [5.74, 6) is 0.0897. The molecule has 0 fully saturated rings. The lowest BCUT2D eigenvalue weighted by Crippen LogP contribution is -2.08. The van der Waals surface area contributed by atoms with E-state index in [1.807, 2.05) is 5.48 Å². The van der Waals surface area contributed by atoms with Gasteiger partial charge in [-0.1, -0.05) is 0 Å². The van der Waals surface area contributed by atoms with Crippen LogP contribution in [-0.4, -0.2) is 19.4 Å². The summed E-state index contributed by atoms with van der Waals surface area (Å²) < 4.78 is 23.0. The van der Waals surface area contributed by atoms with Crippen LogP contribution < -0.4 is 15.0 Å². The normalized spacial score (nSPS) is 10.0. The number of rotatable bonds is 4. The molecule has 4 nitrogen and oxygen atoms in total. The third-order valence-electron chi connectivity index (χ3n) is 1.82. The van der Waals surface area contributed by atoms with Crippen molar-refractivity contribution in [1.82, 2.24) is 5.48 Å². The summed E-state index contributed by atoms with van der Waals surface area (Å²) in [6.07, 6.45) is 0. The number of halogens is 1. The fourth-order valence-electron chi connectivity index (χ4n) is 1.15. The molecule has 1 aromatic rings. The second-order valence-electron chi connectivity index (χ2n) is 2.63. The molecule has 0 aliphatic heterocycles. The first-order valence-corrected chi connectivity index (χ1v) is 4.00. The highest BCUT2D eigenvalue weighted by Crippen LogP contribution is 2.27. The largest absolute Gasteiger partial charge is 0.496 e. The molecule has 0 unspecified atom stereocenters. The van der Waals surface area contributed by atoms with Gasteiger partial charge in [-0.2, -0.15) is 0 Å². The number of benzene rings is 1. The predicted molar refractivity (Wildman–Crippen MR) is 48.1 cm³/mol. The first-order valence-electron chi connectivity index (χ1n) is 4.00. The van der Waals surface area contributed by atoms with Gasteiger partial charge >= 0.3 is 0 Å². The summed E-state index contributed by atoms with van der Waals surface area (Å²) in [4.78, 5) is 0.